The molecule has 7 heteroatoms. The van der Waals surface area contributed by atoms with E-state index < -0.39 is 5.97 Å². The first-order chi connectivity index (χ1) is 10.1. The monoisotopic (exact) mass is 329 g/mol. The van der Waals surface area contributed by atoms with Gasteiger partial charge in [-0.2, -0.15) is 11.8 Å². The van der Waals surface area contributed by atoms with Crippen molar-refractivity contribution in [3.63, 3.8) is 0 Å². The molecule has 0 amide bonds. The van der Waals surface area contributed by atoms with Gasteiger partial charge in [0.05, 0.1) is 5.02 Å². The average molecular weight is 330 g/mol. The van der Waals surface area contributed by atoms with Crippen LogP contribution >= 0.6 is 23.4 Å². The zero-order valence-electron chi connectivity index (χ0n) is 12.1. The van der Waals surface area contributed by atoms with Crippen molar-refractivity contribution in [2.24, 2.45) is 0 Å². The lowest BCUT2D eigenvalue weighted by Gasteiger charge is -2.35. The Morgan fingerprint density at radius 1 is 1.38 bits per heavy atom. The summed E-state index contributed by atoms with van der Waals surface area (Å²) in [6, 6.07) is 3.40. The molecule has 0 saturated carbocycles. The molecule has 0 bridgehead atoms. The summed E-state index contributed by atoms with van der Waals surface area (Å²) < 4.78 is 0. The minimum Gasteiger partial charge on any atom is -0.476 e. The summed E-state index contributed by atoms with van der Waals surface area (Å²) in [6.07, 6.45) is 3.34. The molecule has 0 atom stereocenters. The number of rotatable bonds is 6. The predicted octanol–water partition coefficient (Wildman–Crippen LogP) is 2.31. The molecule has 0 aromatic carbocycles. The van der Waals surface area contributed by atoms with E-state index in [1.54, 1.807) is 12.1 Å². The summed E-state index contributed by atoms with van der Waals surface area (Å²) >= 11 is 7.73. The summed E-state index contributed by atoms with van der Waals surface area (Å²) in [5.41, 5.74) is -0.0726. The number of nitrogens with zero attached hydrogens (tertiary/aromatic N) is 3. The highest BCUT2D eigenvalue weighted by atomic mass is 35.5. The van der Waals surface area contributed by atoms with Crippen LogP contribution in [0.25, 0.3) is 0 Å². The van der Waals surface area contributed by atoms with Gasteiger partial charge in [0, 0.05) is 26.2 Å². The normalized spacial score (nSPS) is 16.2. The summed E-state index contributed by atoms with van der Waals surface area (Å²) in [6.45, 7) is 4.84. The highest BCUT2D eigenvalue weighted by Gasteiger charge is 2.19. The third-order valence-corrected chi connectivity index (χ3v) is 4.55. The van der Waals surface area contributed by atoms with Crippen LogP contribution in [0.5, 0.6) is 0 Å². The quantitative estimate of drug-likeness (QED) is 0.808. The van der Waals surface area contributed by atoms with E-state index in [0.717, 1.165) is 32.7 Å². The van der Waals surface area contributed by atoms with Gasteiger partial charge in [0.1, 0.15) is 5.82 Å². The van der Waals surface area contributed by atoms with Gasteiger partial charge in [0.25, 0.3) is 0 Å². The standard InChI is InChI=1S/C14H20ClN3O2S/c1-21-10-2-5-17-6-8-18(9-7-17)12-4-3-11(15)13(16-12)14(19)20/h3-4H,2,5-10H2,1H3,(H,19,20). The van der Waals surface area contributed by atoms with Crippen LogP contribution in [0.15, 0.2) is 12.1 Å². The summed E-state index contributed by atoms with van der Waals surface area (Å²) in [4.78, 5) is 19.8. The van der Waals surface area contributed by atoms with Gasteiger partial charge in [0.2, 0.25) is 0 Å². The summed E-state index contributed by atoms with van der Waals surface area (Å²) in [5.74, 6) is 0.805. The maximum Gasteiger partial charge on any atom is 0.356 e. The van der Waals surface area contributed by atoms with Crippen LogP contribution in [-0.4, -0.2) is 65.7 Å². The number of aromatic carboxylic acids is 1. The first kappa shape index (κ1) is 16.4. The van der Waals surface area contributed by atoms with E-state index in [-0.39, 0.29) is 10.7 Å². The van der Waals surface area contributed by atoms with Crippen molar-refractivity contribution in [1.29, 1.82) is 0 Å². The van der Waals surface area contributed by atoms with Crippen LogP contribution in [0.1, 0.15) is 16.9 Å². The lowest BCUT2D eigenvalue weighted by Crippen LogP contribution is -2.47. The SMILES string of the molecule is CSCCCN1CCN(c2ccc(Cl)c(C(=O)O)n2)CC1. The molecule has 2 heterocycles. The fourth-order valence-electron chi connectivity index (χ4n) is 2.39. The average Bonchev–Trinajstić information content (AvgIpc) is 2.48. The van der Waals surface area contributed by atoms with E-state index in [4.69, 9.17) is 16.7 Å². The Kier molecular flexibility index (Phi) is 6.14. The van der Waals surface area contributed by atoms with Crippen molar-refractivity contribution in [3.8, 4) is 0 Å². The first-order valence-electron chi connectivity index (χ1n) is 6.98. The molecule has 1 N–H and O–H groups in total. The lowest BCUT2D eigenvalue weighted by molar-refractivity contribution is 0.0691. The van der Waals surface area contributed by atoms with Crippen LogP contribution in [0, 0.1) is 0 Å². The number of halogens is 1. The number of anilines is 1. The molecule has 1 aliphatic rings. The molecule has 116 valence electrons. The molecule has 1 aromatic rings. The second kappa shape index (κ2) is 7.87. The summed E-state index contributed by atoms with van der Waals surface area (Å²) in [7, 11) is 0. The van der Waals surface area contributed by atoms with Crippen molar-refractivity contribution in [3.05, 3.63) is 22.8 Å². The van der Waals surface area contributed by atoms with E-state index in [2.05, 4.69) is 21.0 Å². The first-order valence-corrected chi connectivity index (χ1v) is 8.75. The van der Waals surface area contributed by atoms with Crippen LogP contribution in [-0.2, 0) is 0 Å². The molecule has 5 nitrogen and oxygen atoms in total. The zero-order valence-corrected chi connectivity index (χ0v) is 13.7. The maximum atomic E-state index is 11.1. The Balaban J connectivity index is 1.93. The second-order valence-electron chi connectivity index (χ2n) is 4.98. The molecule has 1 saturated heterocycles. The van der Waals surface area contributed by atoms with Crippen molar-refractivity contribution in [2.75, 3.05) is 49.6 Å². The Morgan fingerprint density at radius 2 is 2.10 bits per heavy atom. The van der Waals surface area contributed by atoms with Gasteiger partial charge in [-0.15, -0.1) is 0 Å². The van der Waals surface area contributed by atoms with E-state index in [1.807, 2.05) is 11.8 Å². The highest BCUT2D eigenvalue weighted by molar-refractivity contribution is 7.98. The van der Waals surface area contributed by atoms with Gasteiger partial charge in [0.15, 0.2) is 5.69 Å². The third kappa shape index (κ3) is 4.49. The van der Waals surface area contributed by atoms with Crippen LogP contribution in [0.4, 0.5) is 5.82 Å². The third-order valence-electron chi connectivity index (χ3n) is 3.55. The largest absolute Gasteiger partial charge is 0.476 e. The fourth-order valence-corrected chi connectivity index (χ4v) is 2.99. The number of piperazine rings is 1. The molecule has 2 rings (SSSR count). The second-order valence-corrected chi connectivity index (χ2v) is 6.37. The summed E-state index contributed by atoms with van der Waals surface area (Å²) in [5, 5.41) is 9.26. The van der Waals surface area contributed by atoms with Gasteiger partial charge in [-0.05, 0) is 37.1 Å². The van der Waals surface area contributed by atoms with Crippen LogP contribution < -0.4 is 4.90 Å². The van der Waals surface area contributed by atoms with Gasteiger partial charge >= 0.3 is 5.97 Å². The smallest absolute Gasteiger partial charge is 0.356 e. The van der Waals surface area contributed by atoms with E-state index in [1.165, 1.54) is 12.2 Å². The fraction of sp³-hybridized carbons (Fsp3) is 0.571. The van der Waals surface area contributed by atoms with Crippen molar-refractivity contribution < 1.29 is 9.90 Å². The number of pyridine rings is 1. The number of hydrogen-bond donors (Lipinski definition) is 1. The van der Waals surface area contributed by atoms with Crippen molar-refractivity contribution in [1.82, 2.24) is 9.88 Å². The Bertz CT molecular complexity index is 493. The molecular formula is C14H20ClN3O2S. The van der Waals surface area contributed by atoms with Gasteiger partial charge in [-0.3, -0.25) is 4.90 Å². The van der Waals surface area contributed by atoms with E-state index >= 15 is 0 Å². The van der Waals surface area contributed by atoms with E-state index in [0.29, 0.717) is 5.82 Å². The molecule has 1 aromatic heterocycles. The zero-order chi connectivity index (χ0) is 15.2. The number of thioether (sulfide) groups is 1. The number of carboxylic acids is 1. The molecule has 0 aliphatic carbocycles. The number of hydrogen-bond acceptors (Lipinski definition) is 5. The molecule has 0 spiro atoms. The molecule has 0 unspecified atom stereocenters. The lowest BCUT2D eigenvalue weighted by atomic mass is 10.2. The Hall–Kier alpha value is -0.980. The minimum atomic E-state index is -1.09. The molecule has 0 radical (unpaired) electrons. The Labute approximate surface area is 134 Å². The maximum absolute atomic E-state index is 11.1. The van der Waals surface area contributed by atoms with Crippen molar-refractivity contribution >= 4 is 35.1 Å². The van der Waals surface area contributed by atoms with Gasteiger partial charge < -0.3 is 10.0 Å². The highest BCUT2D eigenvalue weighted by Crippen LogP contribution is 2.20. The number of carbonyl (C=O) groups is 1. The van der Waals surface area contributed by atoms with Crippen molar-refractivity contribution in [2.45, 2.75) is 6.42 Å². The molecule has 1 aliphatic heterocycles. The van der Waals surface area contributed by atoms with Crippen LogP contribution in [0.3, 0.4) is 0 Å². The van der Waals surface area contributed by atoms with Gasteiger partial charge in [-0.25, -0.2) is 9.78 Å². The van der Waals surface area contributed by atoms with E-state index in [9.17, 15) is 4.79 Å². The topological polar surface area (TPSA) is 56.7 Å². The van der Waals surface area contributed by atoms with Gasteiger partial charge in [-0.1, -0.05) is 11.6 Å². The van der Waals surface area contributed by atoms with Crippen LogP contribution in [0.2, 0.25) is 5.02 Å². The predicted molar refractivity (Wildman–Crippen MR) is 87.9 cm³/mol. The molecule has 1 fully saturated rings. The molecular weight excluding hydrogens is 310 g/mol. The Morgan fingerprint density at radius 3 is 2.71 bits per heavy atom. The number of aromatic nitrogens is 1. The minimum absolute atomic E-state index is 0.0726. The molecule has 21 heavy (non-hydrogen) atoms. The number of carboxylic acid groups (broad SMARTS) is 1.